The minimum Gasteiger partial charge on any atom is -0.478 e. The van der Waals surface area contributed by atoms with Crippen LogP contribution >= 0.6 is 0 Å². The Morgan fingerprint density at radius 2 is 1.90 bits per heavy atom. The molecule has 0 aliphatic carbocycles. The van der Waals surface area contributed by atoms with Crippen molar-refractivity contribution in [3.8, 4) is 11.1 Å². The number of carbonyl (C=O) groups is 1. The van der Waals surface area contributed by atoms with Gasteiger partial charge in [-0.2, -0.15) is 0 Å². The lowest BCUT2D eigenvalue weighted by atomic mass is 10.00. The number of pyridine rings is 1. The molecule has 0 fully saturated rings. The zero-order valence-electron chi connectivity index (χ0n) is 10.4. The maximum atomic E-state index is 13.8. The molecule has 0 radical (unpaired) electrons. The number of hydrogen-bond acceptors (Lipinski definition) is 2. The van der Waals surface area contributed by atoms with Crippen LogP contribution in [0.5, 0.6) is 0 Å². The van der Waals surface area contributed by atoms with Crippen LogP contribution in [0.15, 0.2) is 54.9 Å². The van der Waals surface area contributed by atoms with E-state index in [0.29, 0.717) is 5.56 Å². The molecule has 3 aromatic rings. The largest absolute Gasteiger partial charge is 0.478 e. The molecule has 3 rings (SSSR count). The Bertz CT molecular complexity index is 809. The molecule has 0 unspecified atom stereocenters. The molecule has 3 nitrogen and oxygen atoms in total. The average molecular weight is 267 g/mol. The predicted molar refractivity (Wildman–Crippen MR) is 74.1 cm³/mol. The molecule has 1 heterocycles. The first-order chi connectivity index (χ1) is 9.66. The molecule has 0 saturated heterocycles. The highest BCUT2D eigenvalue weighted by atomic mass is 19.1. The Kier molecular flexibility index (Phi) is 2.91. The SMILES string of the molecule is O=C(O)c1ccc(-c2cncc3ccccc23)cc1F. The summed E-state index contributed by atoms with van der Waals surface area (Å²) in [6.07, 6.45) is 3.39. The van der Waals surface area contributed by atoms with Gasteiger partial charge in [0.1, 0.15) is 5.82 Å². The van der Waals surface area contributed by atoms with Crippen LogP contribution in [0.25, 0.3) is 21.9 Å². The quantitative estimate of drug-likeness (QED) is 0.769. The lowest BCUT2D eigenvalue weighted by Crippen LogP contribution is -2.00. The zero-order chi connectivity index (χ0) is 14.1. The van der Waals surface area contributed by atoms with E-state index in [9.17, 15) is 9.18 Å². The van der Waals surface area contributed by atoms with Crippen molar-refractivity contribution in [1.29, 1.82) is 0 Å². The van der Waals surface area contributed by atoms with E-state index in [1.165, 1.54) is 12.1 Å². The second-order valence-corrected chi connectivity index (χ2v) is 4.41. The van der Waals surface area contributed by atoms with Gasteiger partial charge in [-0.3, -0.25) is 4.98 Å². The summed E-state index contributed by atoms with van der Waals surface area (Å²) >= 11 is 0. The second-order valence-electron chi connectivity index (χ2n) is 4.41. The van der Waals surface area contributed by atoms with Crippen molar-refractivity contribution >= 4 is 16.7 Å². The van der Waals surface area contributed by atoms with Gasteiger partial charge in [0.25, 0.3) is 0 Å². The van der Waals surface area contributed by atoms with Gasteiger partial charge in [-0.1, -0.05) is 30.3 Å². The van der Waals surface area contributed by atoms with Gasteiger partial charge < -0.3 is 5.11 Å². The number of benzene rings is 2. The summed E-state index contributed by atoms with van der Waals surface area (Å²) in [6, 6.07) is 11.7. The van der Waals surface area contributed by atoms with Crippen molar-refractivity contribution in [2.45, 2.75) is 0 Å². The number of aromatic nitrogens is 1. The molecule has 2 aromatic carbocycles. The van der Waals surface area contributed by atoms with Gasteiger partial charge in [0.05, 0.1) is 5.56 Å². The fourth-order valence-corrected chi connectivity index (χ4v) is 2.20. The van der Waals surface area contributed by atoms with Crippen LogP contribution in [0.2, 0.25) is 0 Å². The molecule has 0 aliphatic heterocycles. The Morgan fingerprint density at radius 3 is 2.65 bits per heavy atom. The summed E-state index contributed by atoms with van der Waals surface area (Å²) in [5.41, 5.74) is 1.05. The summed E-state index contributed by atoms with van der Waals surface area (Å²) < 4.78 is 13.8. The third kappa shape index (κ3) is 2.01. The molecule has 0 amide bonds. The van der Waals surface area contributed by atoms with E-state index in [1.54, 1.807) is 18.5 Å². The topological polar surface area (TPSA) is 50.2 Å². The minimum atomic E-state index is -1.27. The van der Waals surface area contributed by atoms with Gasteiger partial charge in [0.2, 0.25) is 0 Å². The van der Waals surface area contributed by atoms with Gasteiger partial charge in [-0.15, -0.1) is 0 Å². The van der Waals surface area contributed by atoms with E-state index in [1.807, 2.05) is 24.3 Å². The van der Waals surface area contributed by atoms with Crippen LogP contribution in [0.4, 0.5) is 4.39 Å². The molecule has 1 N–H and O–H groups in total. The van der Waals surface area contributed by atoms with Gasteiger partial charge in [0, 0.05) is 23.3 Å². The van der Waals surface area contributed by atoms with Gasteiger partial charge in [-0.25, -0.2) is 9.18 Å². The van der Waals surface area contributed by atoms with Crippen molar-refractivity contribution in [1.82, 2.24) is 4.98 Å². The fraction of sp³-hybridized carbons (Fsp3) is 0. The monoisotopic (exact) mass is 267 g/mol. The molecular formula is C16H10FNO2. The molecular weight excluding hydrogens is 257 g/mol. The molecule has 0 bridgehead atoms. The molecule has 0 saturated carbocycles. The number of halogens is 1. The van der Waals surface area contributed by atoms with Gasteiger partial charge in [0.15, 0.2) is 0 Å². The number of carboxylic acids is 1. The highest BCUT2D eigenvalue weighted by Gasteiger charge is 2.12. The number of aromatic carboxylic acids is 1. The van der Waals surface area contributed by atoms with E-state index in [2.05, 4.69) is 4.98 Å². The smallest absolute Gasteiger partial charge is 0.338 e. The van der Waals surface area contributed by atoms with Crippen LogP contribution in [-0.4, -0.2) is 16.1 Å². The Morgan fingerprint density at radius 1 is 1.10 bits per heavy atom. The first kappa shape index (κ1) is 12.3. The summed E-state index contributed by atoms with van der Waals surface area (Å²) in [6.45, 7) is 0. The maximum absolute atomic E-state index is 13.8. The lowest BCUT2D eigenvalue weighted by molar-refractivity contribution is 0.0692. The van der Waals surface area contributed by atoms with E-state index in [4.69, 9.17) is 5.11 Å². The van der Waals surface area contributed by atoms with Crippen molar-refractivity contribution in [3.63, 3.8) is 0 Å². The lowest BCUT2D eigenvalue weighted by Gasteiger charge is -2.07. The number of rotatable bonds is 2. The molecule has 1 aromatic heterocycles. The van der Waals surface area contributed by atoms with Crippen molar-refractivity contribution < 1.29 is 14.3 Å². The standard InChI is InChI=1S/C16H10FNO2/c17-15-7-10(5-6-13(15)16(19)20)14-9-18-8-11-3-1-2-4-12(11)14/h1-9H,(H,19,20). The van der Waals surface area contributed by atoms with Crippen LogP contribution in [0.3, 0.4) is 0 Å². The summed E-state index contributed by atoms with van der Waals surface area (Å²) in [5.74, 6) is -2.02. The van der Waals surface area contributed by atoms with E-state index < -0.39 is 11.8 Å². The van der Waals surface area contributed by atoms with Crippen molar-refractivity contribution in [3.05, 3.63) is 66.2 Å². The maximum Gasteiger partial charge on any atom is 0.338 e. The van der Waals surface area contributed by atoms with Crippen LogP contribution in [0, 0.1) is 5.82 Å². The number of fused-ring (bicyclic) bond motifs is 1. The Balaban J connectivity index is 2.21. The van der Waals surface area contributed by atoms with E-state index in [-0.39, 0.29) is 5.56 Å². The number of carboxylic acid groups (broad SMARTS) is 1. The Hall–Kier alpha value is -2.75. The van der Waals surface area contributed by atoms with Crippen LogP contribution < -0.4 is 0 Å². The summed E-state index contributed by atoms with van der Waals surface area (Å²) in [5, 5.41) is 10.7. The van der Waals surface area contributed by atoms with Crippen LogP contribution in [0.1, 0.15) is 10.4 Å². The molecule has 20 heavy (non-hydrogen) atoms. The third-order valence-corrected chi connectivity index (χ3v) is 3.18. The first-order valence-corrected chi connectivity index (χ1v) is 6.03. The van der Waals surface area contributed by atoms with E-state index >= 15 is 0 Å². The van der Waals surface area contributed by atoms with Gasteiger partial charge in [-0.05, 0) is 23.1 Å². The number of nitrogens with zero attached hydrogens (tertiary/aromatic N) is 1. The molecule has 98 valence electrons. The minimum absolute atomic E-state index is 0.332. The first-order valence-electron chi connectivity index (χ1n) is 6.03. The number of hydrogen-bond donors (Lipinski definition) is 1. The third-order valence-electron chi connectivity index (χ3n) is 3.18. The van der Waals surface area contributed by atoms with Crippen LogP contribution in [-0.2, 0) is 0 Å². The van der Waals surface area contributed by atoms with Gasteiger partial charge >= 0.3 is 5.97 Å². The zero-order valence-corrected chi connectivity index (χ0v) is 10.4. The fourth-order valence-electron chi connectivity index (χ4n) is 2.20. The van der Waals surface area contributed by atoms with Crippen molar-refractivity contribution in [2.24, 2.45) is 0 Å². The highest BCUT2D eigenvalue weighted by molar-refractivity contribution is 5.96. The van der Waals surface area contributed by atoms with Crippen molar-refractivity contribution in [2.75, 3.05) is 0 Å². The highest BCUT2D eigenvalue weighted by Crippen LogP contribution is 2.28. The summed E-state index contributed by atoms with van der Waals surface area (Å²) in [4.78, 5) is 15.0. The molecule has 0 atom stereocenters. The average Bonchev–Trinajstić information content (AvgIpc) is 2.46. The predicted octanol–water partition coefficient (Wildman–Crippen LogP) is 3.74. The normalized spacial score (nSPS) is 10.7. The molecule has 0 aliphatic rings. The molecule has 4 heteroatoms. The molecule has 0 spiro atoms. The Labute approximate surface area is 114 Å². The second kappa shape index (κ2) is 4.74. The summed E-state index contributed by atoms with van der Waals surface area (Å²) in [7, 11) is 0. The van der Waals surface area contributed by atoms with E-state index in [0.717, 1.165) is 16.3 Å².